The van der Waals surface area contributed by atoms with Crippen molar-refractivity contribution in [3.63, 3.8) is 0 Å². The first-order valence-corrected chi connectivity index (χ1v) is 6.50. The van der Waals surface area contributed by atoms with Crippen molar-refractivity contribution < 1.29 is 0 Å². The minimum Gasteiger partial charge on any atom is -0.0800 e. The van der Waals surface area contributed by atoms with Gasteiger partial charge in [-0.3, -0.25) is 0 Å². The summed E-state index contributed by atoms with van der Waals surface area (Å²) in [6, 6.07) is 9.26. The van der Waals surface area contributed by atoms with Gasteiger partial charge in [0.2, 0.25) is 0 Å². The third kappa shape index (κ3) is 1.04. The zero-order chi connectivity index (χ0) is 11.6. The van der Waals surface area contributed by atoms with Crippen LogP contribution in [-0.2, 0) is 0 Å². The molecule has 2 aliphatic rings. The summed E-state index contributed by atoms with van der Waals surface area (Å²) in [7, 11) is 0. The predicted octanol–water partition coefficient (Wildman–Crippen LogP) is 4.73. The molecule has 0 heterocycles. The molecule has 2 aromatic carbocycles. The molecule has 1 atom stereocenters. The molecular formula is C17H16. The Morgan fingerprint density at radius 1 is 1.00 bits per heavy atom. The maximum Gasteiger partial charge on any atom is 0.0102 e. The molecule has 0 fully saturated rings. The lowest BCUT2D eigenvalue weighted by molar-refractivity contribution is 0.781. The van der Waals surface area contributed by atoms with Crippen LogP contribution in [-0.4, -0.2) is 0 Å². The Kier molecular flexibility index (Phi) is 1.68. The highest BCUT2D eigenvalue weighted by Crippen LogP contribution is 2.55. The summed E-state index contributed by atoms with van der Waals surface area (Å²) in [5.74, 6) is 0.760. The van der Waals surface area contributed by atoms with Gasteiger partial charge >= 0.3 is 0 Å². The zero-order valence-electron chi connectivity index (χ0n) is 10.4. The molecule has 2 aromatic rings. The SMILES string of the molecule is Cc1ccc2c3c(ccc2c1C)C1CCC=C31. The van der Waals surface area contributed by atoms with Crippen molar-refractivity contribution >= 4 is 16.3 Å². The van der Waals surface area contributed by atoms with Gasteiger partial charge in [-0.25, -0.2) is 0 Å². The molecule has 0 saturated carbocycles. The quantitative estimate of drug-likeness (QED) is 0.602. The van der Waals surface area contributed by atoms with Crippen molar-refractivity contribution in [2.75, 3.05) is 0 Å². The van der Waals surface area contributed by atoms with E-state index in [1.165, 1.54) is 34.7 Å². The van der Waals surface area contributed by atoms with Crippen LogP contribution in [0.3, 0.4) is 0 Å². The topological polar surface area (TPSA) is 0 Å². The molecule has 0 nitrogen and oxygen atoms in total. The van der Waals surface area contributed by atoms with Crippen LogP contribution in [0.4, 0.5) is 0 Å². The molecule has 0 amide bonds. The van der Waals surface area contributed by atoms with Gasteiger partial charge in [0.05, 0.1) is 0 Å². The Hall–Kier alpha value is -1.56. The van der Waals surface area contributed by atoms with E-state index in [0.29, 0.717) is 0 Å². The van der Waals surface area contributed by atoms with E-state index in [1.807, 2.05) is 0 Å². The number of hydrogen-bond donors (Lipinski definition) is 0. The van der Waals surface area contributed by atoms with Crippen molar-refractivity contribution in [2.45, 2.75) is 32.6 Å². The highest BCUT2D eigenvalue weighted by Gasteiger charge is 2.35. The number of rotatable bonds is 0. The zero-order valence-corrected chi connectivity index (χ0v) is 10.4. The van der Waals surface area contributed by atoms with E-state index in [-0.39, 0.29) is 0 Å². The van der Waals surface area contributed by atoms with Crippen LogP contribution in [0, 0.1) is 13.8 Å². The summed E-state index contributed by atoms with van der Waals surface area (Å²) < 4.78 is 0. The van der Waals surface area contributed by atoms with E-state index in [1.54, 1.807) is 16.7 Å². The van der Waals surface area contributed by atoms with Crippen LogP contribution >= 0.6 is 0 Å². The van der Waals surface area contributed by atoms with Gasteiger partial charge in [-0.2, -0.15) is 0 Å². The highest BCUT2D eigenvalue weighted by atomic mass is 14.4. The van der Waals surface area contributed by atoms with Gasteiger partial charge in [-0.15, -0.1) is 0 Å². The Bertz CT molecular complexity index is 674. The predicted molar refractivity (Wildman–Crippen MR) is 73.4 cm³/mol. The van der Waals surface area contributed by atoms with Gasteiger partial charge in [0.1, 0.15) is 0 Å². The van der Waals surface area contributed by atoms with Gasteiger partial charge in [0.15, 0.2) is 0 Å². The Morgan fingerprint density at radius 3 is 2.71 bits per heavy atom. The summed E-state index contributed by atoms with van der Waals surface area (Å²) >= 11 is 0. The molecule has 17 heavy (non-hydrogen) atoms. The van der Waals surface area contributed by atoms with Gasteiger partial charge in [-0.1, -0.05) is 30.3 Å². The highest BCUT2D eigenvalue weighted by molar-refractivity contribution is 6.03. The summed E-state index contributed by atoms with van der Waals surface area (Å²) in [5.41, 5.74) is 7.59. The lowest BCUT2D eigenvalue weighted by atomic mass is 9.72. The summed E-state index contributed by atoms with van der Waals surface area (Å²) in [6.07, 6.45) is 5.04. The van der Waals surface area contributed by atoms with Crippen molar-refractivity contribution in [2.24, 2.45) is 0 Å². The fourth-order valence-corrected chi connectivity index (χ4v) is 3.52. The van der Waals surface area contributed by atoms with Crippen LogP contribution < -0.4 is 0 Å². The first kappa shape index (κ1) is 9.47. The second-order valence-corrected chi connectivity index (χ2v) is 5.42. The number of benzene rings is 2. The van der Waals surface area contributed by atoms with E-state index in [9.17, 15) is 0 Å². The molecular weight excluding hydrogens is 204 g/mol. The van der Waals surface area contributed by atoms with Gasteiger partial charge in [0, 0.05) is 5.92 Å². The van der Waals surface area contributed by atoms with Crippen molar-refractivity contribution in [1.82, 2.24) is 0 Å². The van der Waals surface area contributed by atoms with Crippen LogP contribution in [0.2, 0.25) is 0 Å². The smallest absolute Gasteiger partial charge is 0.0102 e. The minimum atomic E-state index is 0.760. The molecule has 1 unspecified atom stereocenters. The molecule has 0 saturated heterocycles. The lowest BCUT2D eigenvalue weighted by Gasteiger charge is -2.32. The monoisotopic (exact) mass is 220 g/mol. The average Bonchev–Trinajstić information content (AvgIpc) is 2.73. The van der Waals surface area contributed by atoms with Crippen LogP contribution in [0.5, 0.6) is 0 Å². The van der Waals surface area contributed by atoms with E-state index in [4.69, 9.17) is 0 Å². The first-order chi connectivity index (χ1) is 8.27. The van der Waals surface area contributed by atoms with E-state index < -0.39 is 0 Å². The third-order valence-corrected chi connectivity index (χ3v) is 4.63. The van der Waals surface area contributed by atoms with E-state index in [0.717, 1.165) is 5.92 Å². The normalized spacial score (nSPS) is 20.8. The Labute approximate surface area is 102 Å². The molecule has 0 aromatic heterocycles. The van der Waals surface area contributed by atoms with Crippen LogP contribution in [0.1, 0.15) is 41.0 Å². The Balaban J connectivity index is 2.12. The maximum atomic E-state index is 2.45. The Morgan fingerprint density at radius 2 is 1.82 bits per heavy atom. The maximum absolute atomic E-state index is 2.45. The molecule has 0 spiro atoms. The number of hydrogen-bond acceptors (Lipinski definition) is 0. The van der Waals surface area contributed by atoms with E-state index in [2.05, 4.69) is 44.2 Å². The molecule has 0 N–H and O–H groups in total. The average molecular weight is 220 g/mol. The molecule has 0 aliphatic heterocycles. The van der Waals surface area contributed by atoms with Gasteiger partial charge in [0.25, 0.3) is 0 Å². The largest absolute Gasteiger partial charge is 0.0800 e. The summed E-state index contributed by atoms with van der Waals surface area (Å²) in [4.78, 5) is 0. The standard InChI is InChI=1S/C17H16/c1-10-6-7-15-12(11(10)2)8-9-16-13-4-3-5-14(13)17(15)16/h5-9,13H,3-4H2,1-2H3. The van der Waals surface area contributed by atoms with Gasteiger partial charge in [-0.05, 0) is 65.3 Å². The summed E-state index contributed by atoms with van der Waals surface area (Å²) in [5, 5.41) is 2.91. The van der Waals surface area contributed by atoms with Crippen molar-refractivity contribution in [1.29, 1.82) is 0 Å². The molecule has 0 bridgehead atoms. The number of aryl methyl sites for hydroxylation is 2. The van der Waals surface area contributed by atoms with Gasteiger partial charge < -0.3 is 0 Å². The molecule has 0 radical (unpaired) electrons. The fourth-order valence-electron chi connectivity index (χ4n) is 3.52. The molecule has 0 heteroatoms. The first-order valence-electron chi connectivity index (χ1n) is 6.50. The summed E-state index contributed by atoms with van der Waals surface area (Å²) in [6.45, 7) is 4.44. The minimum absolute atomic E-state index is 0.760. The molecule has 2 aliphatic carbocycles. The second kappa shape index (κ2) is 3.01. The number of allylic oxidation sites excluding steroid dienone is 2. The van der Waals surface area contributed by atoms with E-state index >= 15 is 0 Å². The van der Waals surface area contributed by atoms with Crippen LogP contribution in [0.15, 0.2) is 30.3 Å². The third-order valence-electron chi connectivity index (χ3n) is 4.63. The second-order valence-electron chi connectivity index (χ2n) is 5.42. The lowest BCUT2D eigenvalue weighted by Crippen LogP contribution is -2.13. The van der Waals surface area contributed by atoms with Crippen molar-refractivity contribution in [3.8, 4) is 0 Å². The van der Waals surface area contributed by atoms with Crippen LogP contribution in [0.25, 0.3) is 16.3 Å². The molecule has 84 valence electrons. The van der Waals surface area contributed by atoms with Crippen molar-refractivity contribution in [3.05, 3.63) is 52.6 Å². The number of fused-ring (bicyclic) bond motifs is 6. The molecule has 4 rings (SSSR count). The fraction of sp³-hybridized carbons (Fsp3) is 0.294.